The molecule has 28 heavy (non-hydrogen) atoms. The molecule has 2 N–H and O–H groups in total. The van der Waals surface area contributed by atoms with E-state index in [2.05, 4.69) is 43.1 Å². The fourth-order valence-corrected chi connectivity index (χ4v) is 4.01. The van der Waals surface area contributed by atoms with Crippen LogP contribution in [0.15, 0.2) is 36.4 Å². The fraction of sp³-hybridized carbons (Fsp3) is 0.458. The molecule has 150 valence electrons. The number of amides is 1. The van der Waals surface area contributed by atoms with Crippen molar-refractivity contribution in [2.75, 3.05) is 32.8 Å². The summed E-state index contributed by atoms with van der Waals surface area (Å²) in [7, 11) is 0. The van der Waals surface area contributed by atoms with Gasteiger partial charge in [0.1, 0.15) is 0 Å². The number of rotatable bonds is 6. The van der Waals surface area contributed by atoms with E-state index < -0.39 is 0 Å². The summed E-state index contributed by atoms with van der Waals surface area (Å²) < 4.78 is 0. The summed E-state index contributed by atoms with van der Waals surface area (Å²) in [5, 5.41) is 12.3. The summed E-state index contributed by atoms with van der Waals surface area (Å²) in [6.45, 7) is 10.1. The number of piperidine rings is 1. The zero-order valence-corrected chi connectivity index (χ0v) is 17.3. The quantitative estimate of drug-likeness (QED) is 0.803. The molecule has 1 heterocycles. The van der Waals surface area contributed by atoms with Crippen LogP contribution in [0.25, 0.3) is 11.1 Å². The number of carbonyl (C=O) groups excluding carboxylic acids is 1. The van der Waals surface area contributed by atoms with E-state index in [1.54, 1.807) is 0 Å². The van der Waals surface area contributed by atoms with E-state index in [4.69, 9.17) is 0 Å². The second-order valence-electron chi connectivity index (χ2n) is 8.08. The van der Waals surface area contributed by atoms with Gasteiger partial charge >= 0.3 is 0 Å². The number of aliphatic hydroxyl groups excluding tert-OH is 1. The van der Waals surface area contributed by atoms with Gasteiger partial charge in [-0.1, -0.05) is 24.3 Å². The van der Waals surface area contributed by atoms with Gasteiger partial charge in [0.15, 0.2) is 0 Å². The lowest BCUT2D eigenvalue weighted by Gasteiger charge is -2.31. The normalized spacial score (nSPS) is 17.5. The molecule has 1 atom stereocenters. The highest BCUT2D eigenvalue weighted by molar-refractivity contribution is 5.94. The van der Waals surface area contributed by atoms with Crippen molar-refractivity contribution in [3.05, 3.63) is 58.7 Å². The van der Waals surface area contributed by atoms with E-state index >= 15 is 0 Å². The molecule has 3 rings (SSSR count). The second kappa shape index (κ2) is 9.35. The number of aliphatic hydroxyl groups is 1. The predicted octanol–water partition coefficient (Wildman–Crippen LogP) is 3.71. The van der Waals surface area contributed by atoms with Crippen molar-refractivity contribution >= 4 is 5.91 Å². The van der Waals surface area contributed by atoms with Gasteiger partial charge in [-0.15, -0.1) is 0 Å². The van der Waals surface area contributed by atoms with Crippen molar-refractivity contribution in [3.63, 3.8) is 0 Å². The fourth-order valence-electron chi connectivity index (χ4n) is 4.01. The molecule has 0 aliphatic carbocycles. The third kappa shape index (κ3) is 5.00. The van der Waals surface area contributed by atoms with Crippen molar-refractivity contribution < 1.29 is 9.90 Å². The van der Waals surface area contributed by atoms with Crippen molar-refractivity contribution in [1.29, 1.82) is 0 Å². The van der Waals surface area contributed by atoms with Crippen LogP contribution in [0.5, 0.6) is 0 Å². The van der Waals surface area contributed by atoms with Gasteiger partial charge in [-0.3, -0.25) is 4.79 Å². The molecular weight excluding hydrogens is 348 g/mol. The molecule has 1 amide bonds. The van der Waals surface area contributed by atoms with Crippen LogP contribution in [0.4, 0.5) is 0 Å². The van der Waals surface area contributed by atoms with Crippen LogP contribution in [0.2, 0.25) is 0 Å². The van der Waals surface area contributed by atoms with E-state index in [1.807, 2.05) is 24.3 Å². The Bertz CT molecular complexity index is 814. The molecule has 1 aliphatic heterocycles. The Morgan fingerprint density at radius 1 is 1.11 bits per heavy atom. The van der Waals surface area contributed by atoms with E-state index in [1.165, 1.54) is 22.3 Å². The highest BCUT2D eigenvalue weighted by Crippen LogP contribution is 2.26. The lowest BCUT2D eigenvalue weighted by Crippen LogP contribution is -2.41. The Balaban J connectivity index is 1.56. The van der Waals surface area contributed by atoms with Crippen LogP contribution in [0, 0.1) is 26.7 Å². The minimum Gasteiger partial charge on any atom is -0.396 e. The summed E-state index contributed by atoms with van der Waals surface area (Å²) in [6, 6.07) is 12.3. The van der Waals surface area contributed by atoms with Gasteiger partial charge in [-0.25, -0.2) is 0 Å². The molecule has 0 spiro atoms. The van der Waals surface area contributed by atoms with Crippen molar-refractivity contribution in [2.24, 2.45) is 5.92 Å². The van der Waals surface area contributed by atoms with Crippen LogP contribution < -0.4 is 5.32 Å². The van der Waals surface area contributed by atoms with E-state index in [0.29, 0.717) is 18.0 Å². The molecule has 1 saturated heterocycles. The molecule has 4 heteroatoms. The molecule has 4 nitrogen and oxygen atoms in total. The maximum Gasteiger partial charge on any atom is 0.251 e. The molecule has 1 fully saturated rings. The third-order valence-electron chi connectivity index (χ3n) is 5.87. The monoisotopic (exact) mass is 380 g/mol. The molecular formula is C24H32N2O2. The van der Waals surface area contributed by atoms with Gasteiger partial charge in [0, 0.05) is 31.8 Å². The van der Waals surface area contributed by atoms with Crippen LogP contribution in [-0.4, -0.2) is 48.7 Å². The zero-order chi connectivity index (χ0) is 20.1. The molecule has 1 aliphatic rings. The molecule has 2 aromatic rings. The minimum atomic E-state index is -0.0286. The Kier molecular flexibility index (Phi) is 6.87. The average Bonchev–Trinajstić information content (AvgIpc) is 2.71. The van der Waals surface area contributed by atoms with E-state index in [-0.39, 0.29) is 12.5 Å². The maximum absolute atomic E-state index is 12.5. The van der Waals surface area contributed by atoms with Gasteiger partial charge in [-0.2, -0.15) is 0 Å². The smallest absolute Gasteiger partial charge is 0.251 e. The largest absolute Gasteiger partial charge is 0.396 e. The average molecular weight is 381 g/mol. The Hall–Kier alpha value is -2.17. The first-order valence-electron chi connectivity index (χ1n) is 10.3. The number of aryl methyl sites for hydroxylation is 3. The summed E-state index contributed by atoms with van der Waals surface area (Å²) in [5.74, 6) is 0.352. The number of nitrogens with one attached hydrogen (secondary N) is 1. The van der Waals surface area contributed by atoms with Crippen LogP contribution in [0.3, 0.4) is 0 Å². The Morgan fingerprint density at radius 2 is 1.82 bits per heavy atom. The molecule has 0 unspecified atom stereocenters. The molecule has 0 bridgehead atoms. The molecule has 2 aromatic carbocycles. The van der Waals surface area contributed by atoms with Crippen LogP contribution in [-0.2, 0) is 0 Å². The van der Waals surface area contributed by atoms with Gasteiger partial charge < -0.3 is 15.3 Å². The highest BCUT2D eigenvalue weighted by atomic mass is 16.3. The minimum absolute atomic E-state index is 0.0286. The molecule has 0 saturated carbocycles. The van der Waals surface area contributed by atoms with Gasteiger partial charge in [0.2, 0.25) is 0 Å². The SMILES string of the molecule is Cc1cc(C)c(-c2ccc(C(=O)NCCN3CCC[C@@H](CO)C3)cc2)cc1C. The van der Waals surface area contributed by atoms with Gasteiger partial charge in [0.25, 0.3) is 5.91 Å². The van der Waals surface area contributed by atoms with Crippen molar-refractivity contribution in [2.45, 2.75) is 33.6 Å². The number of likely N-dealkylation sites (tertiary alicyclic amines) is 1. The lowest BCUT2D eigenvalue weighted by atomic mass is 9.95. The topological polar surface area (TPSA) is 52.6 Å². The number of benzene rings is 2. The number of nitrogens with zero attached hydrogens (tertiary/aromatic N) is 1. The maximum atomic E-state index is 12.5. The van der Waals surface area contributed by atoms with Gasteiger partial charge in [0.05, 0.1) is 0 Å². The van der Waals surface area contributed by atoms with Crippen LogP contribution >= 0.6 is 0 Å². The third-order valence-corrected chi connectivity index (χ3v) is 5.87. The second-order valence-corrected chi connectivity index (χ2v) is 8.08. The number of hydrogen-bond donors (Lipinski definition) is 2. The van der Waals surface area contributed by atoms with Crippen molar-refractivity contribution in [1.82, 2.24) is 10.2 Å². The van der Waals surface area contributed by atoms with Crippen LogP contribution in [0.1, 0.15) is 39.9 Å². The summed E-state index contributed by atoms with van der Waals surface area (Å²) in [5.41, 5.74) is 6.89. The summed E-state index contributed by atoms with van der Waals surface area (Å²) in [4.78, 5) is 14.8. The molecule has 0 aromatic heterocycles. The first-order valence-corrected chi connectivity index (χ1v) is 10.3. The Morgan fingerprint density at radius 3 is 2.54 bits per heavy atom. The number of carbonyl (C=O) groups is 1. The molecule has 0 radical (unpaired) electrons. The first-order chi connectivity index (χ1) is 13.5. The predicted molar refractivity (Wildman–Crippen MR) is 115 cm³/mol. The first kappa shape index (κ1) is 20.6. The standard InChI is InChI=1S/C24H32N2O2/c1-17-13-19(3)23(14-18(17)2)21-6-8-22(9-7-21)24(28)25-10-12-26-11-4-5-20(15-26)16-27/h6-9,13-14,20,27H,4-5,10-12,15-16H2,1-3H3,(H,25,28)/t20-/m1/s1. The van der Waals surface area contributed by atoms with Gasteiger partial charge in [-0.05, 0) is 86.0 Å². The summed E-state index contributed by atoms with van der Waals surface area (Å²) >= 11 is 0. The zero-order valence-electron chi connectivity index (χ0n) is 17.3. The van der Waals surface area contributed by atoms with Crippen molar-refractivity contribution in [3.8, 4) is 11.1 Å². The lowest BCUT2D eigenvalue weighted by molar-refractivity contribution is 0.0930. The van der Waals surface area contributed by atoms with E-state index in [9.17, 15) is 9.90 Å². The number of hydrogen-bond acceptors (Lipinski definition) is 3. The van der Waals surface area contributed by atoms with E-state index in [0.717, 1.165) is 38.0 Å². The Labute approximate surface area is 168 Å². The highest BCUT2D eigenvalue weighted by Gasteiger charge is 2.18. The summed E-state index contributed by atoms with van der Waals surface area (Å²) in [6.07, 6.45) is 2.23.